The smallest absolute Gasteiger partial charge is 0.248 e. The summed E-state index contributed by atoms with van der Waals surface area (Å²) in [5.74, 6) is 0.338. The van der Waals surface area contributed by atoms with Gasteiger partial charge in [0.1, 0.15) is 11.6 Å². The fourth-order valence-corrected chi connectivity index (χ4v) is 3.12. The summed E-state index contributed by atoms with van der Waals surface area (Å²) >= 11 is 0. The topological polar surface area (TPSA) is 49.4 Å². The van der Waals surface area contributed by atoms with E-state index in [2.05, 4.69) is 11.4 Å². The Balaban J connectivity index is 1.90. The van der Waals surface area contributed by atoms with Crippen molar-refractivity contribution in [2.24, 2.45) is 5.92 Å². The predicted molar refractivity (Wildman–Crippen MR) is 80.5 cm³/mol. The van der Waals surface area contributed by atoms with Gasteiger partial charge in [0.25, 0.3) is 0 Å². The Morgan fingerprint density at radius 1 is 1.29 bits per heavy atom. The summed E-state index contributed by atoms with van der Waals surface area (Å²) < 4.78 is 0. The standard InChI is InChI=1S/C17H22N2O2/c1-11-5-4-6-12(9-11)10-19-14(13-7-8-13)15(20)18-17(2,3)16(19)21/h4-6,9,13-14H,7-8,10H2,1-3H3,(H,18,20). The minimum Gasteiger partial charge on any atom is -0.340 e. The number of benzene rings is 1. The second-order valence-electron chi connectivity index (χ2n) is 6.82. The summed E-state index contributed by atoms with van der Waals surface area (Å²) in [6.07, 6.45) is 2.08. The van der Waals surface area contributed by atoms with Gasteiger partial charge in [0.05, 0.1) is 0 Å². The SMILES string of the molecule is Cc1cccc(CN2C(=O)C(C)(C)NC(=O)C2C2CC2)c1. The van der Waals surface area contributed by atoms with Gasteiger partial charge in [0.2, 0.25) is 11.8 Å². The number of hydrogen-bond acceptors (Lipinski definition) is 2. The Bertz CT molecular complexity index is 590. The number of hydrogen-bond donors (Lipinski definition) is 1. The van der Waals surface area contributed by atoms with Crippen LogP contribution in [0.1, 0.15) is 37.8 Å². The van der Waals surface area contributed by atoms with Gasteiger partial charge in [0.15, 0.2) is 0 Å². The Kier molecular flexibility index (Phi) is 3.27. The number of carbonyl (C=O) groups is 2. The lowest BCUT2D eigenvalue weighted by molar-refractivity contribution is -0.155. The summed E-state index contributed by atoms with van der Waals surface area (Å²) in [7, 11) is 0. The molecule has 1 N–H and O–H groups in total. The van der Waals surface area contributed by atoms with Crippen LogP contribution in [0.2, 0.25) is 0 Å². The van der Waals surface area contributed by atoms with Crippen molar-refractivity contribution in [2.45, 2.75) is 51.7 Å². The molecule has 1 saturated carbocycles. The maximum atomic E-state index is 12.7. The van der Waals surface area contributed by atoms with Gasteiger partial charge < -0.3 is 10.2 Å². The molecule has 0 aromatic heterocycles. The number of nitrogens with one attached hydrogen (secondary N) is 1. The number of aryl methyl sites for hydroxylation is 1. The summed E-state index contributed by atoms with van der Waals surface area (Å²) in [4.78, 5) is 26.9. The maximum Gasteiger partial charge on any atom is 0.248 e. The molecule has 1 unspecified atom stereocenters. The summed E-state index contributed by atoms with van der Waals surface area (Å²) in [5, 5.41) is 2.87. The van der Waals surface area contributed by atoms with E-state index in [9.17, 15) is 9.59 Å². The first-order valence-corrected chi connectivity index (χ1v) is 7.57. The van der Waals surface area contributed by atoms with Crippen molar-refractivity contribution in [1.82, 2.24) is 10.2 Å². The van der Waals surface area contributed by atoms with Crippen molar-refractivity contribution < 1.29 is 9.59 Å². The molecule has 4 nitrogen and oxygen atoms in total. The molecule has 1 aromatic carbocycles. The summed E-state index contributed by atoms with van der Waals surface area (Å²) in [5.41, 5.74) is 1.44. The molecule has 2 aliphatic rings. The third-order valence-electron chi connectivity index (χ3n) is 4.34. The van der Waals surface area contributed by atoms with Crippen LogP contribution in [-0.4, -0.2) is 28.3 Å². The van der Waals surface area contributed by atoms with E-state index in [1.54, 1.807) is 18.7 Å². The van der Waals surface area contributed by atoms with E-state index < -0.39 is 5.54 Å². The molecule has 0 radical (unpaired) electrons. The van der Waals surface area contributed by atoms with Crippen LogP contribution in [0.4, 0.5) is 0 Å². The zero-order valence-corrected chi connectivity index (χ0v) is 12.8. The molecule has 0 bridgehead atoms. The van der Waals surface area contributed by atoms with E-state index in [0.717, 1.165) is 18.4 Å². The van der Waals surface area contributed by atoms with Crippen LogP contribution >= 0.6 is 0 Å². The first-order valence-electron chi connectivity index (χ1n) is 7.57. The molecule has 21 heavy (non-hydrogen) atoms. The van der Waals surface area contributed by atoms with E-state index in [1.807, 2.05) is 25.1 Å². The third kappa shape index (κ3) is 2.67. The predicted octanol–water partition coefficient (Wildman–Crippen LogP) is 2.01. The highest BCUT2D eigenvalue weighted by Gasteiger charge is 2.50. The van der Waals surface area contributed by atoms with Crippen molar-refractivity contribution in [1.29, 1.82) is 0 Å². The monoisotopic (exact) mass is 286 g/mol. The lowest BCUT2D eigenvalue weighted by Crippen LogP contribution is -2.68. The van der Waals surface area contributed by atoms with Crippen LogP contribution in [0, 0.1) is 12.8 Å². The van der Waals surface area contributed by atoms with Gasteiger partial charge in [-0.3, -0.25) is 9.59 Å². The molecule has 1 aliphatic heterocycles. The minimum atomic E-state index is -0.813. The second-order valence-corrected chi connectivity index (χ2v) is 6.82. The molecular formula is C17H22N2O2. The van der Waals surface area contributed by atoms with Gasteiger partial charge in [-0.25, -0.2) is 0 Å². The molecule has 1 saturated heterocycles. The quantitative estimate of drug-likeness (QED) is 0.924. The van der Waals surface area contributed by atoms with Gasteiger partial charge in [-0.2, -0.15) is 0 Å². The van der Waals surface area contributed by atoms with Gasteiger partial charge >= 0.3 is 0 Å². The molecule has 1 heterocycles. The normalized spacial score (nSPS) is 24.9. The van der Waals surface area contributed by atoms with Crippen LogP contribution in [-0.2, 0) is 16.1 Å². The average Bonchev–Trinajstić information content (AvgIpc) is 3.19. The van der Waals surface area contributed by atoms with Crippen LogP contribution in [0.5, 0.6) is 0 Å². The Hall–Kier alpha value is -1.84. The molecule has 1 atom stereocenters. The molecule has 2 fully saturated rings. The molecule has 3 rings (SSSR count). The van der Waals surface area contributed by atoms with Gasteiger partial charge in [-0.15, -0.1) is 0 Å². The van der Waals surface area contributed by atoms with Gasteiger partial charge in [0, 0.05) is 6.54 Å². The third-order valence-corrected chi connectivity index (χ3v) is 4.34. The lowest BCUT2D eigenvalue weighted by Gasteiger charge is -2.43. The van der Waals surface area contributed by atoms with Crippen LogP contribution in [0.25, 0.3) is 0 Å². The van der Waals surface area contributed by atoms with Crippen LogP contribution < -0.4 is 5.32 Å². The van der Waals surface area contributed by atoms with Crippen molar-refractivity contribution >= 4 is 11.8 Å². The first-order chi connectivity index (χ1) is 9.88. The molecule has 1 aliphatic carbocycles. The average molecular weight is 286 g/mol. The molecule has 4 heteroatoms. The minimum absolute atomic E-state index is 0.00486. The summed E-state index contributed by atoms with van der Waals surface area (Å²) in [6, 6.07) is 7.83. The second kappa shape index (κ2) is 4.86. The van der Waals surface area contributed by atoms with Crippen LogP contribution in [0.3, 0.4) is 0 Å². The highest BCUT2D eigenvalue weighted by molar-refractivity contribution is 5.99. The number of rotatable bonds is 3. The van der Waals surface area contributed by atoms with Crippen molar-refractivity contribution in [3.8, 4) is 0 Å². The van der Waals surface area contributed by atoms with E-state index >= 15 is 0 Å². The van der Waals surface area contributed by atoms with Crippen molar-refractivity contribution in [2.75, 3.05) is 0 Å². The fraction of sp³-hybridized carbons (Fsp3) is 0.529. The van der Waals surface area contributed by atoms with Gasteiger partial charge in [-0.05, 0) is 45.1 Å². The fourth-order valence-electron chi connectivity index (χ4n) is 3.12. The maximum absolute atomic E-state index is 12.7. The van der Waals surface area contributed by atoms with Crippen molar-refractivity contribution in [3.05, 3.63) is 35.4 Å². The zero-order chi connectivity index (χ0) is 15.2. The van der Waals surface area contributed by atoms with E-state index in [1.165, 1.54) is 5.56 Å². The first kappa shape index (κ1) is 14.1. The highest BCUT2D eigenvalue weighted by Crippen LogP contribution is 2.38. The number of piperazine rings is 1. The Labute approximate surface area is 125 Å². The molecule has 2 amide bonds. The summed E-state index contributed by atoms with van der Waals surface area (Å²) in [6.45, 7) is 6.11. The molecular weight excluding hydrogens is 264 g/mol. The van der Waals surface area contributed by atoms with E-state index in [0.29, 0.717) is 12.5 Å². The molecule has 112 valence electrons. The highest BCUT2D eigenvalue weighted by atomic mass is 16.2. The van der Waals surface area contributed by atoms with Crippen molar-refractivity contribution in [3.63, 3.8) is 0 Å². The van der Waals surface area contributed by atoms with E-state index in [4.69, 9.17) is 0 Å². The number of amides is 2. The Morgan fingerprint density at radius 3 is 2.62 bits per heavy atom. The van der Waals surface area contributed by atoms with Gasteiger partial charge in [-0.1, -0.05) is 29.8 Å². The molecule has 0 spiro atoms. The zero-order valence-electron chi connectivity index (χ0n) is 12.8. The largest absolute Gasteiger partial charge is 0.340 e. The molecule has 1 aromatic rings. The lowest BCUT2D eigenvalue weighted by atomic mass is 9.94. The van der Waals surface area contributed by atoms with Crippen LogP contribution in [0.15, 0.2) is 24.3 Å². The number of carbonyl (C=O) groups excluding carboxylic acids is 2. The van der Waals surface area contributed by atoms with E-state index in [-0.39, 0.29) is 17.9 Å². The number of nitrogens with zero attached hydrogens (tertiary/aromatic N) is 1. The Morgan fingerprint density at radius 2 is 2.00 bits per heavy atom.